The van der Waals surface area contributed by atoms with Gasteiger partial charge in [0.05, 0.1) is 6.04 Å². The molecular weight excluding hydrogens is 787 g/mol. The molecule has 2 fully saturated rings. The van der Waals surface area contributed by atoms with E-state index in [9.17, 15) is 24.0 Å². The lowest BCUT2D eigenvalue weighted by molar-refractivity contribution is -0.152. The van der Waals surface area contributed by atoms with Crippen molar-refractivity contribution in [3.05, 3.63) is 102 Å². The molecule has 0 bridgehead atoms. The number of rotatable bonds is 15. The monoisotopic (exact) mass is 841 g/mol. The van der Waals surface area contributed by atoms with E-state index in [0.717, 1.165) is 55.5 Å². The van der Waals surface area contributed by atoms with E-state index in [-0.39, 0.29) is 48.6 Å². The highest BCUT2D eigenvalue weighted by Gasteiger charge is 2.43. The minimum absolute atomic E-state index is 0.00270. The predicted octanol–water partition coefficient (Wildman–Crippen LogP) is 5.45. The standard InChI is InChI=1S/C47H55N9O6/c1-52(25-6-3-7-27-54-41(58)20-19-39(47(54)61)55-30-36-35(46(55)60)12-8-13-37(36)48)26-9-14-40(57)53-28-22-31(23-29-53)38-21-24-50-45-42(44(49)59)43(51-56(38)45)32-15-17-34(18-16-32)62-33-10-4-2-5-11-33/h2,4-5,8-18,31,38-39,50H,3,6-7,19-30,48H2,1H3,(H2,49,59)/b14-9+/t38-,39?/m0/s1. The maximum Gasteiger partial charge on any atom is 0.255 e. The smallest absolute Gasteiger partial charge is 0.255 e. The molecule has 2 saturated heterocycles. The summed E-state index contributed by atoms with van der Waals surface area (Å²) in [7, 11) is 2.01. The van der Waals surface area contributed by atoms with Crippen LogP contribution >= 0.6 is 0 Å². The number of nitrogen functional groups attached to an aromatic ring is 1. The lowest BCUT2D eigenvalue weighted by atomic mass is 9.87. The molecule has 1 aromatic heterocycles. The molecule has 2 atom stereocenters. The largest absolute Gasteiger partial charge is 0.457 e. The van der Waals surface area contributed by atoms with E-state index in [2.05, 4.69) is 10.2 Å². The molecule has 5 amide bonds. The Hall–Kier alpha value is -6.48. The van der Waals surface area contributed by atoms with Gasteiger partial charge in [0.1, 0.15) is 34.6 Å². The zero-order chi connectivity index (χ0) is 43.3. The summed E-state index contributed by atoms with van der Waals surface area (Å²) in [5, 5.41) is 8.36. The number of likely N-dealkylation sites (tertiary alicyclic amines) is 2. The number of nitrogens with zero attached hydrogens (tertiary/aromatic N) is 6. The molecule has 3 aromatic carbocycles. The summed E-state index contributed by atoms with van der Waals surface area (Å²) in [6, 6.07) is 21.7. The molecule has 15 nitrogen and oxygen atoms in total. The van der Waals surface area contributed by atoms with Crippen molar-refractivity contribution in [3.63, 3.8) is 0 Å². The quantitative estimate of drug-likeness (QED) is 0.0601. The van der Waals surface area contributed by atoms with Crippen LogP contribution in [0.5, 0.6) is 11.5 Å². The third kappa shape index (κ3) is 8.94. The molecule has 15 heteroatoms. The number of anilines is 2. The zero-order valence-corrected chi connectivity index (χ0v) is 35.2. The molecule has 4 aliphatic heterocycles. The fraction of sp³-hybridized carbons (Fsp3) is 0.404. The number of hydrogen-bond donors (Lipinski definition) is 3. The Kier molecular flexibility index (Phi) is 12.7. The number of piperidine rings is 2. The van der Waals surface area contributed by atoms with Crippen molar-refractivity contribution in [3.8, 4) is 22.8 Å². The second-order valence-corrected chi connectivity index (χ2v) is 16.7. The summed E-state index contributed by atoms with van der Waals surface area (Å²) in [5.74, 6) is 1.09. The molecule has 0 radical (unpaired) electrons. The number of carbonyl (C=O) groups excluding carboxylic acids is 5. The topological polar surface area (TPSA) is 189 Å². The molecule has 4 aromatic rings. The number of benzene rings is 3. The van der Waals surface area contributed by atoms with Crippen molar-refractivity contribution in [1.82, 2.24) is 29.4 Å². The molecule has 1 unspecified atom stereocenters. The average molecular weight is 842 g/mol. The van der Waals surface area contributed by atoms with E-state index in [0.29, 0.717) is 79.6 Å². The van der Waals surface area contributed by atoms with E-state index in [4.69, 9.17) is 21.3 Å². The van der Waals surface area contributed by atoms with Crippen LogP contribution in [0.25, 0.3) is 11.3 Å². The van der Waals surface area contributed by atoms with Crippen molar-refractivity contribution >= 4 is 41.0 Å². The lowest BCUT2D eigenvalue weighted by Crippen LogP contribution is -2.54. The minimum atomic E-state index is -0.664. The number of primary amides is 1. The van der Waals surface area contributed by atoms with Gasteiger partial charge in [-0.15, -0.1) is 0 Å². The van der Waals surface area contributed by atoms with Gasteiger partial charge in [-0.1, -0.05) is 36.8 Å². The average Bonchev–Trinajstić information content (AvgIpc) is 3.84. The van der Waals surface area contributed by atoms with Crippen LogP contribution in [0.1, 0.15) is 83.7 Å². The van der Waals surface area contributed by atoms with E-state index >= 15 is 0 Å². The van der Waals surface area contributed by atoms with Crippen molar-refractivity contribution in [2.45, 2.75) is 70.0 Å². The number of hydrogen-bond acceptors (Lipinski definition) is 10. The van der Waals surface area contributed by atoms with Crippen molar-refractivity contribution < 1.29 is 28.7 Å². The summed E-state index contributed by atoms with van der Waals surface area (Å²) >= 11 is 0. The summed E-state index contributed by atoms with van der Waals surface area (Å²) < 4.78 is 7.90. The molecule has 5 heterocycles. The summed E-state index contributed by atoms with van der Waals surface area (Å²) in [6.07, 6.45) is 8.99. The van der Waals surface area contributed by atoms with E-state index < -0.39 is 11.9 Å². The Morgan fingerprint density at radius 2 is 1.68 bits per heavy atom. The van der Waals surface area contributed by atoms with Crippen molar-refractivity contribution in [2.75, 3.05) is 57.4 Å². The Morgan fingerprint density at radius 1 is 0.919 bits per heavy atom. The van der Waals surface area contributed by atoms with Crippen LogP contribution < -0.4 is 21.5 Å². The van der Waals surface area contributed by atoms with E-state index in [1.165, 1.54) is 4.90 Å². The van der Waals surface area contributed by atoms with Crippen LogP contribution in [0, 0.1) is 5.92 Å². The van der Waals surface area contributed by atoms with Gasteiger partial charge >= 0.3 is 0 Å². The van der Waals surface area contributed by atoms with Gasteiger partial charge in [0, 0.05) is 74.1 Å². The number of nitrogens with two attached hydrogens (primary N) is 2. The number of carbonyl (C=O) groups is 5. The number of para-hydroxylation sites is 1. The van der Waals surface area contributed by atoms with Gasteiger partial charge in [-0.05, 0) is 107 Å². The Bertz CT molecular complexity index is 2340. The number of amides is 5. The van der Waals surface area contributed by atoms with Crippen LogP contribution in [0.15, 0.2) is 84.9 Å². The van der Waals surface area contributed by atoms with Crippen LogP contribution in [-0.4, -0.2) is 111 Å². The Labute approximate surface area is 361 Å². The second kappa shape index (κ2) is 18.6. The number of likely N-dealkylation sites (N-methyl/N-ethyl adjacent to an activating group) is 1. The first kappa shape index (κ1) is 42.2. The van der Waals surface area contributed by atoms with Gasteiger partial charge in [0.2, 0.25) is 11.8 Å². The summed E-state index contributed by atoms with van der Waals surface area (Å²) in [4.78, 5) is 72.3. The molecule has 0 saturated carbocycles. The summed E-state index contributed by atoms with van der Waals surface area (Å²) in [5.41, 5.74) is 15.5. The SMILES string of the molecule is CN(C/C=C/C(=O)N1CCC([C@@H]2CCNc3c(C(N)=O)c(-c4ccc(Oc5ccccc5)cc4)nn32)CC1)CCCCCN1C(=O)CCC(N2Cc3c(N)cccc3C2=O)C1=O. The summed E-state index contributed by atoms with van der Waals surface area (Å²) in [6.45, 7) is 4.01. The highest BCUT2D eigenvalue weighted by atomic mass is 16.5. The van der Waals surface area contributed by atoms with Gasteiger partial charge in [0.15, 0.2) is 0 Å². The van der Waals surface area contributed by atoms with Crippen molar-refractivity contribution in [2.24, 2.45) is 11.7 Å². The number of unbranched alkanes of at least 4 members (excludes halogenated alkanes) is 2. The molecule has 5 N–H and O–H groups in total. The van der Waals surface area contributed by atoms with Gasteiger partial charge in [0.25, 0.3) is 17.7 Å². The van der Waals surface area contributed by atoms with Crippen molar-refractivity contribution in [1.29, 1.82) is 0 Å². The molecule has 324 valence electrons. The van der Waals surface area contributed by atoms with Gasteiger partial charge in [-0.3, -0.25) is 28.9 Å². The van der Waals surface area contributed by atoms with Crippen LogP contribution in [-0.2, 0) is 20.9 Å². The molecular formula is C47H55N9O6. The van der Waals surface area contributed by atoms with Gasteiger partial charge < -0.3 is 36.2 Å². The number of aromatic nitrogens is 2. The molecule has 0 aliphatic carbocycles. The highest BCUT2D eigenvalue weighted by molar-refractivity contribution is 6.06. The van der Waals surface area contributed by atoms with Crippen LogP contribution in [0.4, 0.5) is 11.5 Å². The first-order valence-corrected chi connectivity index (χ1v) is 21.7. The van der Waals surface area contributed by atoms with E-state index in [1.807, 2.05) is 77.3 Å². The van der Waals surface area contributed by atoms with Gasteiger partial charge in [-0.25, -0.2) is 4.68 Å². The predicted molar refractivity (Wildman–Crippen MR) is 235 cm³/mol. The number of ether oxygens (including phenoxy) is 1. The fourth-order valence-electron chi connectivity index (χ4n) is 9.32. The maximum absolute atomic E-state index is 13.4. The second-order valence-electron chi connectivity index (χ2n) is 16.7. The lowest BCUT2D eigenvalue weighted by Gasteiger charge is -2.38. The molecule has 8 rings (SSSR count). The Balaban J connectivity index is 0.769. The zero-order valence-electron chi connectivity index (χ0n) is 35.2. The number of nitrogens with one attached hydrogen (secondary N) is 1. The number of fused-ring (bicyclic) bond motifs is 2. The molecule has 0 spiro atoms. The fourth-order valence-corrected chi connectivity index (χ4v) is 9.32. The maximum atomic E-state index is 13.4. The Morgan fingerprint density at radius 3 is 2.42 bits per heavy atom. The van der Waals surface area contributed by atoms with Gasteiger partial charge in [-0.2, -0.15) is 5.10 Å². The number of imide groups is 1. The first-order valence-electron chi connectivity index (χ1n) is 21.7. The normalized spacial score (nSPS) is 19.3. The van der Waals surface area contributed by atoms with E-state index in [1.54, 1.807) is 29.2 Å². The highest BCUT2D eigenvalue weighted by Crippen LogP contribution is 2.40. The first-order chi connectivity index (χ1) is 30.1. The molecule has 4 aliphatic rings. The third-order valence-corrected chi connectivity index (χ3v) is 12.7. The van der Waals surface area contributed by atoms with Crippen LogP contribution in [0.3, 0.4) is 0 Å². The third-order valence-electron chi connectivity index (χ3n) is 12.7. The minimum Gasteiger partial charge on any atom is -0.457 e. The molecule has 62 heavy (non-hydrogen) atoms. The van der Waals surface area contributed by atoms with Crippen LogP contribution in [0.2, 0.25) is 0 Å².